The fourth-order valence-electron chi connectivity index (χ4n) is 2.42. The van der Waals surface area contributed by atoms with Crippen LogP contribution in [-0.2, 0) is 0 Å². The number of rotatable bonds is 5. The van der Waals surface area contributed by atoms with Gasteiger partial charge in [0.2, 0.25) is 0 Å². The Morgan fingerprint density at radius 1 is 1.24 bits per heavy atom. The maximum atomic E-state index is 13.4. The molecule has 0 aromatic heterocycles. The number of benzene rings is 2. The summed E-state index contributed by atoms with van der Waals surface area (Å²) in [5, 5.41) is 3.43. The van der Waals surface area contributed by atoms with Crippen molar-refractivity contribution in [1.29, 1.82) is 0 Å². The predicted octanol–water partition coefficient (Wildman–Crippen LogP) is 5.03. The molecule has 0 amide bonds. The molecule has 2 aromatic carbocycles. The summed E-state index contributed by atoms with van der Waals surface area (Å²) >= 11 is 3.53. The van der Waals surface area contributed by atoms with E-state index >= 15 is 0 Å². The molecule has 0 fully saturated rings. The molecular formula is C17H20BrFN2. The first-order valence-corrected chi connectivity index (χ1v) is 7.84. The molecule has 112 valence electrons. The maximum Gasteiger partial charge on any atom is 0.125 e. The van der Waals surface area contributed by atoms with Crippen LogP contribution in [0.15, 0.2) is 46.9 Å². The van der Waals surface area contributed by atoms with Gasteiger partial charge in [-0.1, -0.05) is 28.9 Å². The van der Waals surface area contributed by atoms with Crippen LogP contribution in [0.4, 0.5) is 15.8 Å². The lowest BCUT2D eigenvalue weighted by molar-refractivity contribution is 0.598. The first-order valence-electron chi connectivity index (χ1n) is 7.05. The molecule has 4 heteroatoms. The minimum absolute atomic E-state index is 0.221. The van der Waals surface area contributed by atoms with E-state index in [1.807, 2.05) is 24.1 Å². The van der Waals surface area contributed by atoms with Crippen molar-refractivity contribution in [2.24, 2.45) is 0 Å². The second-order valence-corrected chi connectivity index (χ2v) is 5.94. The molecule has 0 spiro atoms. The Morgan fingerprint density at radius 3 is 2.67 bits per heavy atom. The van der Waals surface area contributed by atoms with E-state index in [2.05, 4.69) is 47.2 Å². The summed E-state index contributed by atoms with van der Waals surface area (Å²) in [7, 11) is 1.96. The van der Waals surface area contributed by atoms with Crippen molar-refractivity contribution in [3.63, 3.8) is 0 Å². The third kappa shape index (κ3) is 3.83. The minimum atomic E-state index is -0.224. The molecule has 0 saturated heterocycles. The van der Waals surface area contributed by atoms with E-state index in [-0.39, 0.29) is 11.9 Å². The van der Waals surface area contributed by atoms with Crippen LogP contribution in [0, 0.1) is 5.82 Å². The predicted molar refractivity (Wildman–Crippen MR) is 90.7 cm³/mol. The van der Waals surface area contributed by atoms with Gasteiger partial charge >= 0.3 is 0 Å². The van der Waals surface area contributed by atoms with Crippen molar-refractivity contribution in [3.05, 3.63) is 58.3 Å². The van der Waals surface area contributed by atoms with Crippen LogP contribution < -0.4 is 10.2 Å². The largest absolute Gasteiger partial charge is 0.344 e. The van der Waals surface area contributed by atoms with E-state index in [0.717, 1.165) is 22.4 Å². The van der Waals surface area contributed by atoms with E-state index in [9.17, 15) is 4.39 Å². The molecule has 2 aromatic rings. The van der Waals surface area contributed by atoms with Gasteiger partial charge in [-0.05, 0) is 55.4 Å². The summed E-state index contributed by atoms with van der Waals surface area (Å²) in [6.45, 7) is 5.12. The van der Waals surface area contributed by atoms with Gasteiger partial charge in [-0.2, -0.15) is 0 Å². The molecular weight excluding hydrogens is 331 g/mol. The van der Waals surface area contributed by atoms with Crippen molar-refractivity contribution < 1.29 is 4.39 Å². The van der Waals surface area contributed by atoms with Crippen LogP contribution >= 0.6 is 15.9 Å². The van der Waals surface area contributed by atoms with Crippen LogP contribution in [0.5, 0.6) is 0 Å². The second-order valence-electron chi connectivity index (χ2n) is 5.02. The Bertz CT molecular complexity index is 615. The zero-order chi connectivity index (χ0) is 15.4. The first-order chi connectivity index (χ1) is 10.0. The lowest BCUT2D eigenvalue weighted by Crippen LogP contribution is -2.21. The standard InChI is InChI=1S/C17H20BrFN2/c1-4-20-12(2)16-10-13(18)8-9-17(16)21(3)15-7-5-6-14(19)11-15/h5-12,20H,4H2,1-3H3. The van der Waals surface area contributed by atoms with Gasteiger partial charge in [0.25, 0.3) is 0 Å². The molecule has 0 aliphatic carbocycles. The lowest BCUT2D eigenvalue weighted by Gasteiger charge is -2.26. The van der Waals surface area contributed by atoms with Crippen LogP contribution in [0.2, 0.25) is 0 Å². The number of nitrogens with zero attached hydrogens (tertiary/aromatic N) is 1. The smallest absolute Gasteiger partial charge is 0.125 e. The highest BCUT2D eigenvalue weighted by atomic mass is 79.9. The molecule has 0 bridgehead atoms. The fourth-order valence-corrected chi connectivity index (χ4v) is 2.80. The van der Waals surface area contributed by atoms with Gasteiger partial charge in [-0.25, -0.2) is 4.39 Å². The number of anilines is 2. The summed E-state index contributed by atoms with van der Waals surface area (Å²) in [4.78, 5) is 2.01. The average Bonchev–Trinajstić information content (AvgIpc) is 2.46. The fraction of sp³-hybridized carbons (Fsp3) is 0.294. The Balaban J connectivity index is 2.42. The van der Waals surface area contributed by atoms with Crippen molar-refractivity contribution in [3.8, 4) is 0 Å². The van der Waals surface area contributed by atoms with Crippen molar-refractivity contribution in [2.45, 2.75) is 19.9 Å². The van der Waals surface area contributed by atoms with Gasteiger partial charge < -0.3 is 10.2 Å². The second kappa shape index (κ2) is 7.05. The first kappa shape index (κ1) is 16.0. The number of hydrogen-bond donors (Lipinski definition) is 1. The molecule has 0 aliphatic heterocycles. The van der Waals surface area contributed by atoms with Gasteiger partial charge in [0.15, 0.2) is 0 Å². The van der Waals surface area contributed by atoms with Crippen LogP contribution in [0.25, 0.3) is 0 Å². The minimum Gasteiger partial charge on any atom is -0.344 e. The highest BCUT2D eigenvalue weighted by Crippen LogP contribution is 2.33. The Labute approximate surface area is 134 Å². The summed E-state index contributed by atoms with van der Waals surface area (Å²) < 4.78 is 14.5. The van der Waals surface area contributed by atoms with Gasteiger partial charge in [-0.15, -0.1) is 0 Å². The number of halogens is 2. The van der Waals surface area contributed by atoms with Crippen molar-refractivity contribution in [1.82, 2.24) is 5.32 Å². The van der Waals surface area contributed by atoms with Crippen molar-refractivity contribution >= 4 is 27.3 Å². The quantitative estimate of drug-likeness (QED) is 0.813. The molecule has 0 radical (unpaired) electrons. The van der Waals surface area contributed by atoms with E-state index in [1.165, 1.54) is 11.6 Å². The molecule has 0 heterocycles. The van der Waals surface area contributed by atoms with E-state index in [4.69, 9.17) is 0 Å². The van der Waals surface area contributed by atoms with Crippen molar-refractivity contribution in [2.75, 3.05) is 18.5 Å². The maximum absolute atomic E-state index is 13.4. The topological polar surface area (TPSA) is 15.3 Å². The van der Waals surface area contributed by atoms with Crippen LogP contribution in [0.1, 0.15) is 25.5 Å². The van der Waals surface area contributed by atoms with E-state index in [0.29, 0.717) is 0 Å². The Kier molecular flexibility index (Phi) is 5.37. The van der Waals surface area contributed by atoms with E-state index < -0.39 is 0 Å². The lowest BCUT2D eigenvalue weighted by atomic mass is 10.0. The molecule has 0 aliphatic rings. The Morgan fingerprint density at radius 2 is 2.00 bits per heavy atom. The van der Waals surface area contributed by atoms with Gasteiger partial charge in [0.1, 0.15) is 5.82 Å². The third-order valence-electron chi connectivity index (χ3n) is 3.52. The van der Waals surface area contributed by atoms with Gasteiger partial charge in [0.05, 0.1) is 0 Å². The molecule has 0 saturated carbocycles. The van der Waals surface area contributed by atoms with Crippen LogP contribution in [-0.4, -0.2) is 13.6 Å². The average molecular weight is 351 g/mol. The molecule has 1 unspecified atom stereocenters. The molecule has 1 N–H and O–H groups in total. The zero-order valence-corrected chi connectivity index (χ0v) is 14.1. The normalized spacial score (nSPS) is 12.2. The number of nitrogens with one attached hydrogen (secondary N) is 1. The summed E-state index contributed by atoms with van der Waals surface area (Å²) in [6, 6.07) is 13.0. The van der Waals surface area contributed by atoms with Gasteiger partial charge in [0, 0.05) is 28.9 Å². The highest BCUT2D eigenvalue weighted by Gasteiger charge is 2.15. The SMILES string of the molecule is CCNC(C)c1cc(Br)ccc1N(C)c1cccc(F)c1. The van der Waals surface area contributed by atoms with E-state index in [1.54, 1.807) is 12.1 Å². The van der Waals surface area contributed by atoms with Crippen LogP contribution in [0.3, 0.4) is 0 Å². The Hall–Kier alpha value is -1.39. The zero-order valence-electron chi connectivity index (χ0n) is 12.5. The summed E-state index contributed by atoms with van der Waals surface area (Å²) in [5.74, 6) is -0.224. The monoisotopic (exact) mass is 350 g/mol. The molecule has 21 heavy (non-hydrogen) atoms. The highest BCUT2D eigenvalue weighted by molar-refractivity contribution is 9.10. The van der Waals surface area contributed by atoms with Gasteiger partial charge in [-0.3, -0.25) is 0 Å². The summed E-state index contributed by atoms with van der Waals surface area (Å²) in [5.41, 5.74) is 3.08. The molecule has 1 atom stereocenters. The third-order valence-corrected chi connectivity index (χ3v) is 4.02. The molecule has 2 rings (SSSR count). The molecule has 2 nitrogen and oxygen atoms in total. The number of hydrogen-bond acceptors (Lipinski definition) is 2. The summed E-state index contributed by atoms with van der Waals surface area (Å²) in [6.07, 6.45) is 0.